The van der Waals surface area contributed by atoms with Crippen molar-refractivity contribution in [2.45, 2.75) is 18.8 Å². The van der Waals surface area contributed by atoms with Gasteiger partial charge >= 0.3 is 5.97 Å². The summed E-state index contributed by atoms with van der Waals surface area (Å²) < 4.78 is 18.0. The molecule has 0 aliphatic heterocycles. The Balaban J connectivity index is 1.72. The highest BCUT2D eigenvalue weighted by Gasteiger charge is 2.17. The van der Waals surface area contributed by atoms with Crippen molar-refractivity contribution in [1.29, 1.82) is 0 Å². The third kappa shape index (κ3) is 6.76. The monoisotopic (exact) mass is 381 g/mol. The standard InChI is InChI=1S/C18H17ClFNO3S/c1-12(18(23)24-10-13-2-4-14(19)5-3-13)25-11-17(22)21-16-8-6-15(20)7-9-16/h2-9,12H,10-11H2,1H3,(H,21,22)/t12-/m0/s1. The van der Waals surface area contributed by atoms with Gasteiger partial charge in [0.05, 0.1) is 5.75 Å². The van der Waals surface area contributed by atoms with Crippen molar-refractivity contribution in [3.8, 4) is 0 Å². The number of rotatable bonds is 7. The second-order valence-corrected chi connectivity index (χ2v) is 7.01. The number of carbonyl (C=O) groups excluding carboxylic acids is 2. The summed E-state index contributed by atoms with van der Waals surface area (Å²) in [4.78, 5) is 23.8. The van der Waals surface area contributed by atoms with E-state index < -0.39 is 11.2 Å². The molecule has 0 saturated heterocycles. The number of ether oxygens (including phenoxy) is 1. The van der Waals surface area contributed by atoms with Crippen molar-refractivity contribution >= 4 is 40.9 Å². The number of hydrogen-bond donors (Lipinski definition) is 1. The second kappa shape index (κ2) is 9.44. The lowest BCUT2D eigenvalue weighted by atomic mass is 10.2. The minimum atomic E-state index is -0.480. The summed E-state index contributed by atoms with van der Waals surface area (Å²) >= 11 is 6.96. The number of benzene rings is 2. The molecule has 2 rings (SSSR count). The van der Waals surface area contributed by atoms with Crippen molar-refractivity contribution in [3.63, 3.8) is 0 Å². The van der Waals surface area contributed by atoms with Gasteiger partial charge in [0.25, 0.3) is 0 Å². The molecular weight excluding hydrogens is 365 g/mol. The van der Waals surface area contributed by atoms with Gasteiger partial charge in [-0.25, -0.2) is 4.39 Å². The van der Waals surface area contributed by atoms with E-state index in [-0.39, 0.29) is 24.1 Å². The van der Waals surface area contributed by atoms with Crippen LogP contribution in [-0.4, -0.2) is 22.9 Å². The smallest absolute Gasteiger partial charge is 0.319 e. The lowest BCUT2D eigenvalue weighted by Crippen LogP contribution is -2.21. The number of esters is 1. The fourth-order valence-corrected chi connectivity index (χ4v) is 2.66. The third-order valence-corrected chi connectivity index (χ3v) is 4.59. The maximum Gasteiger partial charge on any atom is 0.319 e. The van der Waals surface area contributed by atoms with E-state index in [0.29, 0.717) is 10.7 Å². The van der Waals surface area contributed by atoms with Gasteiger partial charge in [-0.05, 0) is 48.9 Å². The minimum Gasteiger partial charge on any atom is -0.460 e. The van der Waals surface area contributed by atoms with Gasteiger partial charge < -0.3 is 10.1 Å². The first-order valence-corrected chi connectivity index (χ1v) is 8.95. The molecule has 0 aliphatic rings. The predicted molar refractivity (Wildman–Crippen MR) is 98.2 cm³/mol. The summed E-state index contributed by atoms with van der Waals surface area (Å²) in [6.07, 6.45) is 0. The SMILES string of the molecule is C[C@H](SCC(=O)Nc1ccc(F)cc1)C(=O)OCc1ccc(Cl)cc1. The van der Waals surface area contributed by atoms with E-state index in [1.54, 1.807) is 31.2 Å². The lowest BCUT2D eigenvalue weighted by molar-refractivity contribution is -0.143. The van der Waals surface area contributed by atoms with Crippen molar-refractivity contribution < 1.29 is 18.7 Å². The van der Waals surface area contributed by atoms with E-state index in [1.807, 2.05) is 0 Å². The van der Waals surface area contributed by atoms with E-state index in [0.717, 1.165) is 5.56 Å². The molecule has 0 unspecified atom stereocenters. The number of nitrogens with one attached hydrogen (secondary N) is 1. The molecule has 0 fully saturated rings. The number of thioether (sulfide) groups is 1. The van der Waals surface area contributed by atoms with Crippen LogP contribution in [0.4, 0.5) is 10.1 Å². The fourth-order valence-electron chi connectivity index (χ4n) is 1.85. The Morgan fingerprint density at radius 3 is 2.44 bits per heavy atom. The van der Waals surface area contributed by atoms with Gasteiger partial charge in [0, 0.05) is 10.7 Å². The molecule has 132 valence electrons. The summed E-state index contributed by atoms with van der Waals surface area (Å²) in [6.45, 7) is 1.84. The average Bonchev–Trinajstić information content (AvgIpc) is 2.61. The number of carbonyl (C=O) groups is 2. The first kappa shape index (κ1) is 19.3. The Bertz CT molecular complexity index is 722. The van der Waals surface area contributed by atoms with Crippen LogP contribution in [0, 0.1) is 5.82 Å². The molecule has 2 aromatic carbocycles. The zero-order valence-corrected chi connectivity index (χ0v) is 15.1. The molecule has 2 aromatic rings. The lowest BCUT2D eigenvalue weighted by Gasteiger charge is -2.11. The number of hydrogen-bond acceptors (Lipinski definition) is 4. The largest absolute Gasteiger partial charge is 0.460 e. The minimum absolute atomic E-state index is 0.0919. The molecule has 4 nitrogen and oxygen atoms in total. The van der Waals surface area contributed by atoms with Gasteiger partial charge in [-0.15, -0.1) is 11.8 Å². The molecule has 7 heteroatoms. The number of anilines is 1. The van der Waals surface area contributed by atoms with Gasteiger partial charge in [-0.1, -0.05) is 23.7 Å². The summed E-state index contributed by atoms with van der Waals surface area (Å²) in [7, 11) is 0. The highest BCUT2D eigenvalue weighted by molar-refractivity contribution is 8.01. The van der Waals surface area contributed by atoms with Crippen LogP contribution in [0.15, 0.2) is 48.5 Å². The van der Waals surface area contributed by atoms with Crippen molar-refractivity contribution in [3.05, 3.63) is 64.9 Å². The Kier molecular flexibility index (Phi) is 7.28. The third-order valence-electron chi connectivity index (χ3n) is 3.22. The zero-order valence-electron chi connectivity index (χ0n) is 13.5. The van der Waals surface area contributed by atoms with Crippen LogP contribution in [-0.2, 0) is 20.9 Å². The summed E-state index contributed by atoms with van der Waals surface area (Å²) in [6, 6.07) is 12.5. The van der Waals surface area contributed by atoms with E-state index >= 15 is 0 Å². The van der Waals surface area contributed by atoms with Crippen LogP contribution in [0.3, 0.4) is 0 Å². The van der Waals surface area contributed by atoms with Crippen LogP contribution in [0.5, 0.6) is 0 Å². The molecule has 1 amide bonds. The normalized spacial score (nSPS) is 11.6. The summed E-state index contributed by atoms with van der Waals surface area (Å²) in [5, 5.41) is 2.77. The molecule has 0 aliphatic carbocycles. The van der Waals surface area contributed by atoms with Crippen molar-refractivity contribution in [1.82, 2.24) is 0 Å². The number of halogens is 2. The van der Waals surface area contributed by atoms with Gasteiger partial charge in [0.2, 0.25) is 5.91 Å². The molecule has 0 bridgehead atoms. The molecule has 0 saturated carbocycles. The molecule has 25 heavy (non-hydrogen) atoms. The van der Waals surface area contributed by atoms with E-state index in [4.69, 9.17) is 16.3 Å². The predicted octanol–water partition coefficient (Wildman–Crippen LogP) is 4.28. The average molecular weight is 382 g/mol. The maximum atomic E-state index is 12.8. The van der Waals surface area contributed by atoms with Crippen LogP contribution >= 0.6 is 23.4 Å². The first-order valence-electron chi connectivity index (χ1n) is 7.52. The Labute approximate surface area is 154 Å². The van der Waals surface area contributed by atoms with Crippen molar-refractivity contribution in [2.75, 3.05) is 11.1 Å². The Morgan fingerprint density at radius 1 is 1.16 bits per heavy atom. The molecule has 0 spiro atoms. The summed E-state index contributed by atoms with van der Waals surface area (Å²) in [5.41, 5.74) is 1.34. The zero-order chi connectivity index (χ0) is 18.2. The Morgan fingerprint density at radius 2 is 1.80 bits per heavy atom. The Hall–Kier alpha value is -2.05. The molecule has 1 N–H and O–H groups in total. The van der Waals surface area contributed by atoms with Crippen LogP contribution in [0.2, 0.25) is 5.02 Å². The molecule has 0 aromatic heterocycles. The molecular formula is C18H17ClFNO3S. The maximum absolute atomic E-state index is 12.8. The van der Waals surface area contributed by atoms with Gasteiger partial charge in [-0.2, -0.15) is 0 Å². The fraction of sp³-hybridized carbons (Fsp3) is 0.222. The van der Waals surface area contributed by atoms with E-state index in [9.17, 15) is 14.0 Å². The molecule has 0 radical (unpaired) electrons. The first-order chi connectivity index (χ1) is 11.9. The van der Waals surface area contributed by atoms with Crippen LogP contribution < -0.4 is 5.32 Å². The number of amides is 1. The highest BCUT2D eigenvalue weighted by Crippen LogP contribution is 2.16. The topological polar surface area (TPSA) is 55.4 Å². The molecule has 0 heterocycles. The van der Waals surface area contributed by atoms with Crippen LogP contribution in [0.25, 0.3) is 0 Å². The summed E-state index contributed by atoms with van der Waals surface area (Å²) in [5.74, 6) is -0.942. The highest BCUT2D eigenvalue weighted by atomic mass is 35.5. The van der Waals surface area contributed by atoms with E-state index in [2.05, 4.69) is 5.32 Å². The van der Waals surface area contributed by atoms with Gasteiger partial charge in [-0.3, -0.25) is 9.59 Å². The molecule has 1 atom stereocenters. The van der Waals surface area contributed by atoms with Gasteiger partial charge in [0.1, 0.15) is 17.7 Å². The van der Waals surface area contributed by atoms with E-state index in [1.165, 1.54) is 36.0 Å². The van der Waals surface area contributed by atoms with Gasteiger partial charge in [0.15, 0.2) is 0 Å². The van der Waals surface area contributed by atoms with Crippen molar-refractivity contribution in [2.24, 2.45) is 0 Å². The quantitative estimate of drug-likeness (QED) is 0.727. The van der Waals surface area contributed by atoms with Crippen LogP contribution in [0.1, 0.15) is 12.5 Å². The second-order valence-electron chi connectivity index (χ2n) is 5.24.